The van der Waals surface area contributed by atoms with Crippen molar-refractivity contribution in [3.05, 3.63) is 54.3 Å². The monoisotopic (exact) mass is 318 g/mol. The Kier molecular flexibility index (Phi) is 5.94. The van der Waals surface area contributed by atoms with Crippen molar-refractivity contribution in [3.8, 4) is 11.5 Å². The molecule has 1 atom stereocenters. The SMILES string of the molecule is COCC(C)NC(=O)Nc1ccccc1Oc1cccc(F)c1. The predicted octanol–water partition coefficient (Wildman–Crippen LogP) is 3.77. The summed E-state index contributed by atoms with van der Waals surface area (Å²) in [5.74, 6) is 0.388. The highest BCUT2D eigenvalue weighted by Crippen LogP contribution is 2.29. The molecule has 2 amide bonds. The zero-order valence-corrected chi connectivity index (χ0v) is 13.0. The van der Waals surface area contributed by atoms with E-state index in [1.54, 1.807) is 43.5 Å². The number of nitrogens with one attached hydrogen (secondary N) is 2. The Morgan fingerprint density at radius 2 is 2.00 bits per heavy atom. The molecule has 0 spiro atoms. The third-order valence-electron chi connectivity index (χ3n) is 2.95. The summed E-state index contributed by atoms with van der Waals surface area (Å²) in [5, 5.41) is 5.45. The van der Waals surface area contributed by atoms with E-state index in [0.717, 1.165) is 0 Å². The second kappa shape index (κ2) is 8.14. The molecule has 1 unspecified atom stereocenters. The van der Waals surface area contributed by atoms with Crippen LogP contribution in [0.2, 0.25) is 0 Å². The van der Waals surface area contributed by atoms with E-state index in [9.17, 15) is 9.18 Å². The first kappa shape index (κ1) is 16.8. The van der Waals surface area contributed by atoms with Crippen LogP contribution in [0.25, 0.3) is 0 Å². The van der Waals surface area contributed by atoms with E-state index in [-0.39, 0.29) is 17.9 Å². The largest absolute Gasteiger partial charge is 0.455 e. The Morgan fingerprint density at radius 3 is 2.74 bits per heavy atom. The van der Waals surface area contributed by atoms with Gasteiger partial charge in [0.1, 0.15) is 11.6 Å². The van der Waals surface area contributed by atoms with Crippen LogP contribution in [0.4, 0.5) is 14.9 Å². The van der Waals surface area contributed by atoms with Gasteiger partial charge in [-0.15, -0.1) is 0 Å². The average Bonchev–Trinajstić information content (AvgIpc) is 2.49. The second-order valence-corrected chi connectivity index (χ2v) is 5.01. The van der Waals surface area contributed by atoms with E-state index in [0.29, 0.717) is 23.8 Å². The van der Waals surface area contributed by atoms with Gasteiger partial charge in [0.15, 0.2) is 5.75 Å². The van der Waals surface area contributed by atoms with Gasteiger partial charge in [-0.05, 0) is 31.2 Å². The highest BCUT2D eigenvalue weighted by molar-refractivity contribution is 5.91. The van der Waals surface area contributed by atoms with Gasteiger partial charge >= 0.3 is 6.03 Å². The molecule has 5 nitrogen and oxygen atoms in total. The molecule has 2 rings (SSSR count). The fraction of sp³-hybridized carbons (Fsp3) is 0.235. The lowest BCUT2D eigenvalue weighted by molar-refractivity contribution is 0.173. The van der Waals surface area contributed by atoms with Gasteiger partial charge in [-0.2, -0.15) is 0 Å². The molecule has 2 aromatic carbocycles. The zero-order chi connectivity index (χ0) is 16.7. The van der Waals surface area contributed by atoms with Crippen LogP contribution in [-0.4, -0.2) is 25.8 Å². The summed E-state index contributed by atoms with van der Waals surface area (Å²) in [6, 6.07) is 12.2. The standard InChI is InChI=1S/C17H19FN2O3/c1-12(11-22-2)19-17(21)20-15-8-3-4-9-16(15)23-14-7-5-6-13(18)10-14/h3-10,12H,11H2,1-2H3,(H2,19,20,21). The molecule has 0 saturated carbocycles. The van der Waals surface area contributed by atoms with Crippen molar-refractivity contribution in [2.24, 2.45) is 0 Å². The average molecular weight is 318 g/mol. The molecule has 2 aromatic rings. The molecule has 23 heavy (non-hydrogen) atoms. The molecule has 6 heteroatoms. The van der Waals surface area contributed by atoms with Crippen LogP contribution in [0, 0.1) is 5.82 Å². The maximum Gasteiger partial charge on any atom is 0.319 e. The lowest BCUT2D eigenvalue weighted by atomic mass is 10.3. The zero-order valence-electron chi connectivity index (χ0n) is 13.0. The Labute approximate surface area is 134 Å². The van der Waals surface area contributed by atoms with E-state index in [2.05, 4.69) is 10.6 Å². The maximum atomic E-state index is 13.2. The van der Waals surface area contributed by atoms with Gasteiger partial charge in [-0.3, -0.25) is 0 Å². The number of hydrogen-bond donors (Lipinski definition) is 2. The van der Waals surface area contributed by atoms with Gasteiger partial charge in [0.05, 0.1) is 18.3 Å². The molecule has 2 N–H and O–H groups in total. The van der Waals surface area contributed by atoms with Gasteiger partial charge < -0.3 is 20.1 Å². The van der Waals surface area contributed by atoms with Gasteiger partial charge in [0, 0.05) is 13.2 Å². The van der Waals surface area contributed by atoms with Crippen LogP contribution in [0.5, 0.6) is 11.5 Å². The summed E-state index contributed by atoms with van der Waals surface area (Å²) >= 11 is 0. The smallest absolute Gasteiger partial charge is 0.319 e. The van der Waals surface area contributed by atoms with E-state index >= 15 is 0 Å². The van der Waals surface area contributed by atoms with Crippen LogP contribution >= 0.6 is 0 Å². The first-order valence-electron chi connectivity index (χ1n) is 7.17. The summed E-state index contributed by atoms with van der Waals surface area (Å²) in [4.78, 5) is 12.0. The molecule has 122 valence electrons. The Hall–Kier alpha value is -2.60. The van der Waals surface area contributed by atoms with Crippen molar-refractivity contribution in [3.63, 3.8) is 0 Å². The summed E-state index contributed by atoms with van der Waals surface area (Å²) in [6.07, 6.45) is 0. The molecule has 0 fully saturated rings. The predicted molar refractivity (Wildman–Crippen MR) is 86.4 cm³/mol. The molecule has 0 aromatic heterocycles. The van der Waals surface area contributed by atoms with E-state index in [1.807, 2.05) is 6.92 Å². The molecule has 0 heterocycles. The van der Waals surface area contributed by atoms with Crippen molar-refractivity contribution in [1.29, 1.82) is 0 Å². The third kappa shape index (κ3) is 5.27. The Balaban J connectivity index is 2.07. The number of benzene rings is 2. The molecule has 0 aliphatic rings. The number of methoxy groups -OCH3 is 1. The number of para-hydroxylation sites is 2. The van der Waals surface area contributed by atoms with E-state index in [4.69, 9.17) is 9.47 Å². The summed E-state index contributed by atoms with van der Waals surface area (Å²) < 4.78 is 23.8. The quantitative estimate of drug-likeness (QED) is 0.852. The maximum absolute atomic E-state index is 13.2. The summed E-state index contributed by atoms with van der Waals surface area (Å²) in [5.41, 5.74) is 0.485. The normalized spacial score (nSPS) is 11.6. The lowest BCUT2D eigenvalue weighted by Gasteiger charge is -2.15. The number of rotatable bonds is 6. The van der Waals surface area contributed by atoms with Gasteiger partial charge in [-0.25, -0.2) is 9.18 Å². The molecule has 0 bridgehead atoms. The number of carbonyl (C=O) groups is 1. The van der Waals surface area contributed by atoms with Crippen LogP contribution in [0.3, 0.4) is 0 Å². The van der Waals surface area contributed by atoms with Crippen molar-refractivity contribution in [2.75, 3.05) is 19.0 Å². The van der Waals surface area contributed by atoms with Crippen molar-refractivity contribution < 1.29 is 18.7 Å². The number of ether oxygens (including phenoxy) is 2. The van der Waals surface area contributed by atoms with Gasteiger partial charge in [0.2, 0.25) is 0 Å². The summed E-state index contributed by atoms with van der Waals surface area (Å²) in [6.45, 7) is 2.24. The van der Waals surface area contributed by atoms with Crippen molar-refractivity contribution in [1.82, 2.24) is 5.32 Å². The summed E-state index contributed by atoms with van der Waals surface area (Å²) in [7, 11) is 1.57. The minimum atomic E-state index is -0.390. The van der Waals surface area contributed by atoms with Crippen LogP contribution in [0.15, 0.2) is 48.5 Å². The minimum Gasteiger partial charge on any atom is -0.455 e. The van der Waals surface area contributed by atoms with Crippen molar-refractivity contribution >= 4 is 11.7 Å². The number of hydrogen-bond acceptors (Lipinski definition) is 3. The Morgan fingerprint density at radius 1 is 1.22 bits per heavy atom. The number of carbonyl (C=O) groups excluding carboxylic acids is 1. The highest BCUT2D eigenvalue weighted by Gasteiger charge is 2.11. The van der Waals surface area contributed by atoms with Crippen LogP contribution < -0.4 is 15.4 Å². The van der Waals surface area contributed by atoms with E-state index in [1.165, 1.54) is 12.1 Å². The molecule has 0 saturated heterocycles. The first-order chi connectivity index (χ1) is 11.1. The fourth-order valence-corrected chi connectivity index (χ4v) is 1.99. The molecular formula is C17H19FN2O3. The Bertz CT molecular complexity index is 664. The second-order valence-electron chi connectivity index (χ2n) is 5.01. The number of anilines is 1. The molecule has 0 radical (unpaired) electrons. The molecule has 0 aliphatic carbocycles. The highest BCUT2D eigenvalue weighted by atomic mass is 19.1. The van der Waals surface area contributed by atoms with E-state index < -0.39 is 0 Å². The first-order valence-corrected chi connectivity index (χ1v) is 7.17. The molecule has 0 aliphatic heterocycles. The van der Waals surface area contributed by atoms with Gasteiger partial charge in [0.25, 0.3) is 0 Å². The lowest BCUT2D eigenvalue weighted by Crippen LogP contribution is -2.38. The number of urea groups is 1. The number of halogens is 1. The minimum absolute atomic E-state index is 0.128. The number of amides is 2. The topological polar surface area (TPSA) is 59.6 Å². The third-order valence-corrected chi connectivity index (χ3v) is 2.95. The van der Waals surface area contributed by atoms with Crippen LogP contribution in [-0.2, 0) is 4.74 Å². The van der Waals surface area contributed by atoms with Crippen molar-refractivity contribution in [2.45, 2.75) is 13.0 Å². The molecular weight excluding hydrogens is 299 g/mol. The fourth-order valence-electron chi connectivity index (χ4n) is 1.99. The van der Waals surface area contributed by atoms with Crippen LogP contribution in [0.1, 0.15) is 6.92 Å². The van der Waals surface area contributed by atoms with Gasteiger partial charge in [-0.1, -0.05) is 18.2 Å².